The zero-order valence-electron chi connectivity index (χ0n) is 14.8. The first-order valence-corrected chi connectivity index (χ1v) is 9.07. The van der Waals surface area contributed by atoms with E-state index in [0.717, 1.165) is 38.5 Å². The molecule has 1 fully saturated rings. The molecular weight excluding hydrogens is 355 g/mol. The first kappa shape index (κ1) is 18.7. The van der Waals surface area contributed by atoms with Crippen molar-refractivity contribution in [3.63, 3.8) is 0 Å². The molecule has 0 radical (unpaired) electrons. The maximum atomic E-state index is 14.0. The minimum absolute atomic E-state index is 0.187. The third-order valence-electron chi connectivity index (χ3n) is 4.55. The van der Waals surface area contributed by atoms with Gasteiger partial charge in [-0.1, -0.05) is 17.7 Å². The Hall–Kier alpha value is -2.11. The van der Waals surface area contributed by atoms with E-state index in [2.05, 4.69) is 9.80 Å². The van der Waals surface area contributed by atoms with E-state index in [1.54, 1.807) is 18.2 Å². The summed E-state index contributed by atoms with van der Waals surface area (Å²) in [5.41, 5.74) is 0.876. The van der Waals surface area contributed by atoms with Gasteiger partial charge in [-0.2, -0.15) is 0 Å². The Balaban J connectivity index is 1.51. The lowest BCUT2D eigenvalue weighted by atomic mass is 10.1. The summed E-state index contributed by atoms with van der Waals surface area (Å²) in [5.74, 6) is 0.115. The lowest BCUT2D eigenvalue weighted by molar-refractivity contribution is 0.101. The van der Waals surface area contributed by atoms with Crippen LogP contribution in [0.15, 0.2) is 42.5 Å². The van der Waals surface area contributed by atoms with Gasteiger partial charge in [0.25, 0.3) is 0 Å². The Morgan fingerprint density at radius 2 is 1.81 bits per heavy atom. The van der Waals surface area contributed by atoms with Crippen LogP contribution >= 0.6 is 11.6 Å². The van der Waals surface area contributed by atoms with E-state index in [4.69, 9.17) is 16.3 Å². The molecule has 1 saturated heterocycles. The zero-order chi connectivity index (χ0) is 18.5. The average molecular weight is 377 g/mol. The molecule has 0 unspecified atom stereocenters. The standard InChI is InChI=1S/C20H22ClFN2O2/c1-15(25)20-18(22)3-2-4-19(20)24-11-9-23(10-12-24)13-14-26-17-7-5-16(21)6-8-17/h2-8H,9-14H2,1H3. The van der Waals surface area contributed by atoms with Gasteiger partial charge in [-0.15, -0.1) is 0 Å². The highest BCUT2D eigenvalue weighted by Crippen LogP contribution is 2.25. The monoisotopic (exact) mass is 376 g/mol. The summed E-state index contributed by atoms with van der Waals surface area (Å²) in [6, 6.07) is 12.1. The number of halogens is 2. The van der Waals surface area contributed by atoms with Crippen molar-refractivity contribution in [1.82, 2.24) is 4.90 Å². The summed E-state index contributed by atoms with van der Waals surface area (Å²) in [6.07, 6.45) is 0. The summed E-state index contributed by atoms with van der Waals surface area (Å²) in [5, 5.41) is 0.691. The normalized spacial score (nSPS) is 15.1. The number of anilines is 1. The van der Waals surface area contributed by atoms with Gasteiger partial charge in [-0.3, -0.25) is 9.69 Å². The number of ketones is 1. The molecule has 0 aliphatic carbocycles. The van der Waals surface area contributed by atoms with E-state index in [9.17, 15) is 9.18 Å². The molecule has 2 aromatic rings. The van der Waals surface area contributed by atoms with Gasteiger partial charge in [-0.25, -0.2) is 4.39 Å². The second-order valence-corrected chi connectivity index (χ2v) is 6.76. The molecule has 26 heavy (non-hydrogen) atoms. The lowest BCUT2D eigenvalue weighted by Crippen LogP contribution is -2.48. The molecule has 3 rings (SSSR count). The van der Waals surface area contributed by atoms with E-state index < -0.39 is 5.82 Å². The van der Waals surface area contributed by atoms with Gasteiger partial charge in [0.2, 0.25) is 0 Å². The van der Waals surface area contributed by atoms with Crippen LogP contribution in [-0.2, 0) is 0 Å². The highest BCUT2D eigenvalue weighted by atomic mass is 35.5. The summed E-state index contributed by atoms with van der Waals surface area (Å²) in [4.78, 5) is 16.2. The number of carbonyl (C=O) groups excluding carboxylic acids is 1. The van der Waals surface area contributed by atoms with Gasteiger partial charge >= 0.3 is 0 Å². The van der Waals surface area contributed by atoms with Crippen LogP contribution in [0.2, 0.25) is 5.02 Å². The number of Topliss-reactive ketones (excluding diaryl/α,β-unsaturated/α-hetero) is 1. The smallest absolute Gasteiger partial charge is 0.164 e. The Kier molecular flexibility index (Phi) is 6.12. The van der Waals surface area contributed by atoms with Crippen molar-refractivity contribution in [3.05, 3.63) is 58.9 Å². The van der Waals surface area contributed by atoms with E-state index in [1.165, 1.54) is 13.0 Å². The summed E-state index contributed by atoms with van der Waals surface area (Å²) >= 11 is 5.86. The Labute approximate surface area is 158 Å². The predicted octanol–water partition coefficient (Wildman–Crippen LogP) is 3.88. The molecule has 4 nitrogen and oxygen atoms in total. The molecule has 0 N–H and O–H groups in total. The minimum atomic E-state index is -0.450. The van der Waals surface area contributed by atoms with Crippen LogP contribution in [0.1, 0.15) is 17.3 Å². The molecule has 138 valence electrons. The van der Waals surface area contributed by atoms with Gasteiger partial charge in [0, 0.05) is 37.7 Å². The molecule has 6 heteroatoms. The average Bonchev–Trinajstić information content (AvgIpc) is 2.63. The summed E-state index contributed by atoms with van der Waals surface area (Å²) in [7, 11) is 0. The third-order valence-corrected chi connectivity index (χ3v) is 4.80. The molecule has 1 aliphatic rings. The van der Waals surface area contributed by atoms with Crippen molar-refractivity contribution in [2.75, 3.05) is 44.2 Å². The number of hydrogen-bond donors (Lipinski definition) is 0. The second kappa shape index (κ2) is 8.52. The van der Waals surface area contributed by atoms with Crippen molar-refractivity contribution in [1.29, 1.82) is 0 Å². The van der Waals surface area contributed by atoms with Crippen LogP contribution in [-0.4, -0.2) is 50.0 Å². The van der Waals surface area contributed by atoms with Crippen molar-refractivity contribution in [2.24, 2.45) is 0 Å². The highest BCUT2D eigenvalue weighted by Gasteiger charge is 2.22. The fourth-order valence-corrected chi connectivity index (χ4v) is 3.29. The predicted molar refractivity (Wildman–Crippen MR) is 102 cm³/mol. The van der Waals surface area contributed by atoms with E-state index >= 15 is 0 Å². The van der Waals surface area contributed by atoms with Gasteiger partial charge in [0.05, 0.1) is 11.3 Å². The van der Waals surface area contributed by atoms with Crippen molar-refractivity contribution in [2.45, 2.75) is 6.92 Å². The molecule has 0 bridgehead atoms. The molecule has 1 heterocycles. The van der Waals surface area contributed by atoms with Gasteiger partial charge in [-0.05, 0) is 43.3 Å². The van der Waals surface area contributed by atoms with Crippen LogP contribution in [0.4, 0.5) is 10.1 Å². The number of rotatable bonds is 6. The highest BCUT2D eigenvalue weighted by molar-refractivity contribution is 6.30. The van der Waals surface area contributed by atoms with Gasteiger partial charge in [0.15, 0.2) is 5.78 Å². The number of carbonyl (C=O) groups is 1. The molecule has 2 aromatic carbocycles. The second-order valence-electron chi connectivity index (χ2n) is 6.32. The van der Waals surface area contributed by atoms with Crippen LogP contribution in [0.25, 0.3) is 0 Å². The molecule has 0 amide bonds. The molecular formula is C20H22ClFN2O2. The Morgan fingerprint density at radius 1 is 1.12 bits per heavy atom. The molecule has 0 spiro atoms. The molecule has 0 saturated carbocycles. The molecule has 1 aliphatic heterocycles. The van der Waals surface area contributed by atoms with Gasteiger partial charge in [0.1, 0.15) is 18.2 Å². The fourth-order valence-electron chi connectivity index (χ4n) is 3.16. The number of nitrogens with zero attached hydrogens (tertiary/aromatic N) is 2. The summed E-state index contributed by atoms with van der Waals surface area (Å²) < 4.78 is 19.7. The Morgan fingerprint density at radius 3 is 2.46 bits per heavy atom. The first-order valence-electron chi connectivity index (χ1n) is 8.70. The topological polar surface area (TPSA) is 32.8 Å². The summed E-state index contributed by atoms with van der Waals surface area (Å²) in [6.45, 7) is 6.02. The van der Waals surface area contributed by atoms with Crippen LogP contribution < -0.4 is 9.64 Å². The van der Waals surface area contributed by atoms with E-state index in [0.29, 0.717) is 17.3 Å². The molecule has 0 aromatic heterocycles. The zero-order valence-corrected chi connectivity index (χ0v) is 15.5. The maximum Gasteiger partial charge on any atom is 0.164 e. The number of ether oxygens (including phenoxy) is 1. The Bertz CT molecular complexity index is 759. The quantitative estimate of drug-likeness (QED) is 0.716. The van der Waals surface area contributed by atoms with Crippen LogP contribution in [0.5, 0.6) is 5.75 Å². The van der Waals surface area contributed by atoms with Crippen molar-refractivity contribution < 1.29 is 13.9 Å². The SMILES string of the molecule is CC(=O)c1c(F)cccc1N1CCN(CCOc2ccc(Cl)cc2)CC1. The fraction of sp³-hybridized carbons (Fsp3) is 0.350. The number of hydrogen-bond acceptors (Lipinski definition) is 4. The largest absolute Gasteiger partial charge is 0.492 e. The van der Waals surface area contributed by atoms with Crippen LogP contribution in [0, 0.1) is 5.82 Å². The number of benzene rings is 2. The first-order chi connectivity index (χ1) is 12.5. The maximum absolute atomic E-state index is 14.0. The minimum Gasteiger partial charge on any atom is -0.492 e. The number of piperazine rings is 1. The van der Waals surface area contributed by atoms with Crippen LogP contribution in [0.3, 0.4) is 0 Å². The van der Waals surface area contributed by atoms with Crippen molar-refractivity contribution in [3.8, 4) is 5.75 Å². The lowest BCUT2D eigenvalue weighted by Gasteiger charge is -2.36. The van der Waals surface area contributed by atoms with E-state index in [1.807, 2.05) is 18.2 Å². The molecule has 0 atom stereocenters. The van der Waals surface area contributed by atoms with Crippen molar-refractivity contribution >= 4 is 23.1 Å². The van der Waals surface area contributed by atoms with Gasteiger partial charge < -0.3 is 9.64 Å². The third kappa shape index (κ3) is 4.54. The van der Waals surface area contributed by atoms with E-state index in [-0.39, 0.29) is 11.3 Å².